The van der Waals surface area contributed by atoms with Crippen molar-refractivity contribution in [3.8, 4) is 0 Å². The fourth-order valence-electron chi connectivity index (χ4n) is 7.98. The van der Waals surface area contributed by atoms with E-state index in [4.69, 9.17) is 20.0 Å². The molecule has 4 saturated carbocycles. The lowest BCUT2D eigenvalue weighted by Gasteiger charge is -2.29. The Balaban J connectivity index is 1.22. The van der Waals surface area contributed by atoms with Gasteiger partial charge in [-0.25, -0.2) is 0 Å². The van der Waals surface area contributed by atoms with Crippen molar-refractivity contribution in [2.24, 2.45) is 67.3 Å². The van der Waals surface area contributed by atoms with Gasteiger partial charge in [-0.05, 0) is 124 Å². The van der Waals surface area contributed by atoms with E-state index < -0.39 is 0 Å². The summed E-state index contributed by atoms with van der Waals surface area (Å²) in [7, 11) is 0. The van der Waals surface area contributed by atoms with Crippen molar-refractivity contribution in [3.05, 3.63) is 0 Å². The third kappa shape index (κ3) is 8.35. The van der Waals surface area contributed by atoms with Gasteiger partial charge in [0, 0.05) is 51.0 Å². The molecular weight excluding hydrogens is 440 g/mol. The first kappa shape index (κ1) is 26.3. The Morgan fingerprint density at radius 3 is 0.917 bits per heavy atom. The lowest BCUT2D eigenvalue weighted by atomic mass is 9.80. The largest absolute Gasteiger partial charge is 0.297 e. The fraction of sp³-hybridized carbons (Fsp3) is 0.875. The van der Waals surface area contributed by atoms with Crippen LogP contribution in [-0.4, -0.2) is 51.0 Å². The van der Waals surface area contributed by atoms with Crippen LogP contribution < -0.4 is 0 Å². The highest BCUT2D eigenvalue weighted by molar-refractivity contribution is 5.66. The number of aliphatic imine (C=N–C) groups is 4. The molecule has 0 aromatic rings. The molecule has 4 fully saturated rings. The molecular formula is C32H52N4. The first-order valence-corrected chi connectivity index (χ1v) is 15.8. The molecule has 0 aromatic heterocycles. The average molecular weight is 493 g/mol. The van der Waals surface area contributed by atoms with Gasteiger partial charge < -0.3 is 0 Å². The third-order valence-corrected chi connectivity index (χ3v) is 10.0. The van der Waals surface area contributed by atoms with Gasteiger partial charge in [-0.2, -0.15) is 0 Å². The van der Waals surface area contributed by atoms with Crippen LogP contribution in [0.4, 0.5) is 0 Å². The van der Waals surface area contributed by atoms with Gasteiger partial charge in [-0.3, -0.25) is 20.0 Å². The van der Waals surface area contributed by atoms with Gasteiger partial charge in [0.1, 0.15) is 0 Å². The van der Waals surface area contributed by atoms with E-state index in [1.165, 1.54) is 103 Å². The Morgan fingerprint density at radius 2 is 0.611 bits per heavy atom. The van der Waals surface area contributed by atoms with Gasteiger partial charge in [0.15, 0.2) is 0 Å². The van der Waals surface area contributed by atoms with Crippen LogP contribution >= 0.6 is 0 Å². The molecule has 4 nitrogen and oxygen atoms in total. The molecule has 4 heteroatoms. The topological polar surface area (TPSA) is 49.4 Å². The summed E-state index contributed by atoms with van der Waals surface area (Å²) in [6, 6.07) is 0. The van der Waals surface area contributed by atoms with Crippen molar-refractivity contribution in [1.29, 1.82) is 0 Å². The van der Waals surface area contributed by atoms with Gasteiger partial charge in [0.2, 0.25) is 0 Å². The molecule has 8 atom stereocenters. The lowest BCUT2D eigenvalue weighted by molar-refractivity contribution is 0.277. The van der Waals surface area contributed by atoms with Gasteiger partial charge in [0.05, 0.1) is 0 Å². The van der Waals surface area contributed by atoms with Gasteiger partial charge in [0.25, 0.3) is 0 Å². The van der Waals surface area contributed by atoms with Crippen LogP contribution in [-0.2, 0) is 0 Å². The third-order valence-electron chi connectivity index (χ3n) is 10.0. The highest BCUT2D eigenvalue weighted by Gasteiger charge is 2.25. The molecule has 0 radical (unpaired) electrons. The zero-order chi connectivity index (χ0) is 24.4. The van der Waals surface area contributed by atoms with Crippen LogP contribution in [0.3, 0.4) is 0 Å². The summed E-state index contributed by atoms with van der Waals surface area (Å²) in [4.78, 5) is 20.0. The number of hydrogen-bond donors (Lipinski definition) is 0. The lowest BCUT2D eigenvalue weighted by Crippen LogP contribution is -2.23. The maximum absolute atomic E-state index is 5.01. The molecule has 200 valence electrons. The van der Waals surface area contributed by atoms with Crippen molar-refractivity contribution < 1.29 is 0 Å². The quantitative estimate of drug-likeness (QED) is 0.336. The Morgan fingerprint density at radius 1 is 0.333 bits per heavy atom. The fourth-order valence-corrected chi connectivity index (χ4v) is 7.98. The van der Waals surface area contributed by atoms with Crippen LogP contribution in [0.2, 0.25) is 0 Å². The summed E-state index contributed by atoms with van der Waals surface area (Å²) >= 11 is 0. The van der Waals surface area contributed by atoms with Gasteiger partial charge in [-0.15, -0.1) is 0 Å². The molecule has 8 bridgehead atoms. The number of nitrogens with zero attached hydrogens (tertiary/aromatic N) is 4. The van der Waals surface area contributed by atoms with E-state index in [9.17, 15) is 0 Å². The van der Waals surface area contributed by atoms with E-state index in [0.717, 1.165) is 49.9 Å². The van der Waals surface area contributed by atoms with Gasteiger partial charge >= 0.3 is 0 Å². The molecule has 4 aliphatic carbocycles. The molecule has 0 N–H and O–H groups in total. The van der Waals surface area contributed by atoms with Crippen molar-refractivity contribution in [1.82, 2.24) is 0 Å². The summed E-state index contributed by atoms with van der Waals surface area (Å²) in [6.45, 7) is 4.17. The maximum Gasteiger partial charge on any atom is 0.0413 e. The maximum atomic E-state index is 5.01. The van der Waals surface area contributed by atoms with Crippen LogP contribution in [0, 0.1) is 47.3 Å². The monoisotopic (exact) mass is 492 g/mol. The first-order chi connectivity index (χ1) is 17.8. The normalized spacial score (nSPS) is 44.4. The van der Waals surface area contributed by atoms with E-state index in [0.29, 0.717) is 23.7 Å². The van der Waals surface area contributed by atoms with Crippen LogP contribution in [0.1, 0.15) is 103 Å². The first-order valence-electron chi connectivity index (χ1n) is 15.8. The molecule has 5 rings (SSSR count). The summed E-state index contributed by atoms with van der Waals surface area (Å²) in [6.07, 6.45) is 30.7. The minimum Gasteiger partial charge on any atom is -0.297 e. The van der Waals surface area contributed by atoms with Gasteiger partial charge in [-0.1, -0.05) is 25.7 Å². The number of rotatable bonds is 0. The Labute approximate surface area is 221 Å². The van der Waals surface area contributed by atoms with Crippen LogP contribution in [0.25, 0.3) is 0 Å². The summed E-state index contributed by atoms with van der Waals surface area (Å²) in [5.74, 6) is 5.77. The average Bonchev–Trinajstić information content (AvgIpc) is 2.90. The Bertz CT molecular complexity index is 650. The highest BCUT2D eigenvalue weighted by Crippen LogP contribution is 2.33. The van der Waals surface area contributed by atoms with Crippen molar-refractivity contribution >= 4 is 24.9 Å². The minimum absolute atomic E-state index is 0.668. The predicted molar refractivity (Wildman–Crippen MR) is 155 cm³/mol. The molecule has 36 heavy (non-hydrogen) atoms. The Kier molecular flexibility index (Phi) is 10.2. The second kappa shape index (κ2) is 14.0. The molecule has 1 aliphatic heterocycles. The van der Waals surface area contributed by atoms with Crippen LogP contribution in [0.15, 0.2) is 20.0 Å². The Hall–Kier alpha value is -1.32. The molecule has 0 saturated heterocycles. The molecule has 5 aliphatic rings. The number of hydrogen-bond acceptors (Lipinski definition) is 4. The second-order valence-electron chi connectivity index (χ2n) is 13.2. The zero-order valence-corrected chi connectivity index (χ0v) is 22.9. The second-order valence-corrected chi connectivity index (χ2v) is 13.2. The van der Waals surface area contributed by atoms with Crippen LogP contribution in [0.5, 0.6) is 0 Å². The summed E-state index contributed by atoms with van der Waals surface area (Å²) in [5, 5.41) is 0. The predicted octanol–water partition coefficient (Wildman–Crippen LogP) is 7.51. The van der Waals surface area contributed by atoms with Crippen molar-refractivity contribution in [3.63, 3.8) is 0 Å². The smallest absolute Gasteiger partial charge is 0.0413 e. The zero-order valence-electron chi connectivity index (χ0n) is 22.9. The molecule has 8 unspecified atom stereocenters. The standard InChI is InChI=1S/C32H52N4/c1-5-25-13-26(6-1)18-34-20-28-8-3-10-30(15-28)22-36-24-32-12-4-11-31(16-32)23-35-21-29-9-2-7-27(14-29)19-33-17-25/h17-18,23-32H,1-16,19-22H2/b33-17+,34-18+,35-23+,36-24+. The minimum atomic E-state index is 0.668. The highest BCUT2D eigenvalue weighted by atomic mass is 14.8. The van der Waals surface area contributed by atoms with E-state index in [1.807, 2.05) is 0 Å². The van der Waals surface area contributed by atoms with E-state index in [1.54, 1.807) is 0 Å². The molecule has 0 aromatic carbocycles. The van der Waals surface area contributed by atoms with E-state index in [2.05, 4.69) is 24.9 Å². The summed E-state index contributed by atoms with van der Waals surface area (Å²) < 4.78 is 0. The molecule has 1 heterocycles. The van der Waals surface area contributed by atoms with Crippen molar-refractivity contribution in [2.75, 3.05) is 26.2 Å². The SMILES string of the molecule is C1=N/CC2CCCC(C/N=C/C3CCCC(/C=N/CC4CCCC(C/N=C/C5CCCC/1C5)C4)C3)C2. The molecule has 0 spiro atoms. The summed E-state index contributed by atoms with van der Waals surface area (Å²) in [5.41, 5.74) is 0. The van der Waals surface area contributed by atoms with E-state index in [-0.39, 0.29) is 0 Å². The van der Waals surface area contributed by atoms with Crippen molar-refractivity contribution in [2.45, 2.75) is 103 Å². The molecule has 0 amide bonds. The van der Waals surface area contributed by atoms with E-state index >= 15 is 0 Å². The number of fused-ring (bicyclic) bond motifs is 8.